The maximum atomic E-state index is 9.61. The number of fused-ring (bicyclic) bond motifs is 1. The third-order valence-electron chi connectivity index (χ3n) is 3.98. The molecule has 0 radical (unpaired) electrons. The van der Waals surface area contributed by atoms with E-state index in [1.807, 2.05) is 36.4 Å². The van der Waals surface area contributed by atoms with Gasteiger partial charge >= 0.3 is 0 Å². The Morgan fingerprint density at radius 3 is 2.26 bits per heavy atom. The topological polar surface area (TPSA) is 158 Å². The molecule has 0 fully saturated rings. The molecular weight excluding hydrogens is 453 g/mol. The van der Waals surface area contributed by atoms with Gasteiger partial charge in [-0.05, 0) is 43.3 Å². The van der Waals surface area contributed by atoms with E-state index >= 15 is 0 Å². The van der Waals surface area contributed by atoms with E-state index in [0.717, 1.165) is 16.3 Å². The lowest BCUT2D eigenvalue weighted by molar-refractivity contribution is -2.00. The first-order chi connectivity index (χ1) is 14.5. The molecule has 0 saturated heterocycles. The first kappa shape index (κ1) is 24.9. The van der Waals surface area contributed by atoms with E-state index in [9.17, 15) is 5.11 Å². The third-order valence-corrected chi connectivity index (χ3v) is 4.22. The number of methoxy groups -OCH3 is 2. The highest BCUT2D eigenvalue weighted by Gasteiger charge is 2.13. The van der Waals surface area contributed by atoms with E-state index in [4.69, 9.17) is 44.1 Å². The van der Waals surface area contributed by atoms with Crippen LogP contribution in [0.25, 0.3) is 22.3 Å². The number of hydrogen-bond donors (Lipinski definition) is 2. The number of aliphatic hydroxyl groups is 1. The van der Waals surface area contributed by atoms with Crippen molar-refractivity contribution in [2.45, 2.75) is 13.0 Å². The van der Waals surface area contributed by atoms with Gasteiger partial charge in [0.05, 0.1) is 25.7 Å². The minimum atomic E-state index is -4.94. The van der Waals surface area contributed by atoms with Gasteiger partial charge in [0.25, 0.3) is 0 Å². The molecule has 0 saturated carbocycles. The predicted molar refractivity (Wildman–Crippen MR) is 100 cm³/mol. The van der Waals surface area contributed by atoms with Gasteiger partial charge < -0.3 is 19.0 Å². The molecule has 31 heavy (non-hydrogen) atoms. The summed E-state index contributed by atoms with van der Waals surface area (Å²) in [5, 5.41) is 11.9. The maximum absolute atomic E-state index is 9.61. The van der Waals surface area contributed by atoms with Crippen molar-refractivity contribution in [2.24, 2.45) is 0 Å². The van der Waals surface area contributed by atoms with Crippen molar-refractivity contribution in [1.82, 2.24) is 0 Å². The van der Waals surface area contributed by atoms with Crippen LogP contribution in [0.3, 0.4) is 0 Å². The predicted octanol–water partition coefficient (Wildman–Crippen LogP) is -2.62. The Hall–Kier alpha value is -2.37. The Morgan fingerprint density at radius 1 is 1.03 bits per heavy atom. The van der Waals surface area contributed by atoms with E-state index in [1.54, 1.807) is 27.2 Å². The highest BCUT2D eigenvalue weighted by Crippen LogP contribution is 2.32. The van der Waals surface area contributed by atoms with Crippen LogP contribution in [0, 0.1) is 10.2 Å². The van der Waals surface area contributed by atoms with Crippen LogP contribution in [0.4, 0.5) is 0 Å². The van der Waals surface area contributed by atoms with Gasteiger partial charge in [0.2, 0.25) is 5.36 Å². The monoisotopic (exact) mass is 473 g/mol. The molecule has 0 aliphatic heterocycles. The summed E-state index contributed by atoms with van der Waals surface area (Å²) in [6, 6.07) is 12.9. The van der Waals surface area contributed by atoms with Gasteiger partial charge in [-0.25, -0.2) is 23.6 Å². The molecule has 11 heteroatoms. The molecule has 1 aromatic heterocycles. The fraction of sp³-hybridized carbons (Fsp3) is 0.250. The van der Waals surface area contributed by atoms with Gasteiger partial charge in [0, 0.05) is 10.6 Å². The van der Waals surface area contributed by atoms with Crippen molar-refractivity contribution in [2.75, 3.05) is 20.8 Å². The Labute approximate surface area is 185 Å². The molecule has 0 aliphatic rings. The van der Waals surface area contributed by atoms with E-state index < -0.39 is 16.3 Å². The average Bonchev–Trinajstić information content (AvgIpc) is 2.70. The molecule has 0 amide bonds. The molecule has 2 N–H and O–H groups in total. The van der Waals surface area contributed by atoms with Crippen molar-refractivity contribution < 1.29 is 52.9 Å². The highest BCUT2D eigenvalue weighted by atomic mass is 35.7. The second-order valence-corrected chi connectivity index (χ2v) is 7.53. The number of ether oxygens (including phenoxy) is 2. The van der Waals surface area contributed by atoms with Crippen LogP contribution >= 0.6 is 11.6 Å². The van der Waals surface area contributed by atoms with Crippen molar-refractivity contribution in [1.29, 1.82) is 0 Å². The van der Waals surface area contributed by atoms with Gasteiger partial charge in [-0.3, -0.25) is 0 Å². The molecule has 9 nitrogen and oxygen atoms in total. The number of aliphatic hydroxyl groups excluding tert-OH is 1. The zero-order chi connectivity index (χ0) is 23.2. The molecule has 0 spiro atoms. The summed E-state index contributed by atoms with van der Waals surface area (Å²) in [4.78, 5) is 3.25. The Kier molecular flexibility index (Phi) is 8.66. The summed E-state index contributed by atoms with van der Waals surface area (Å²) in [6.07, 6.45) is -0.481. The van der Waals surface area contributed by atoms with Crippen molar-refractivity contribution >= 4 is 22.6 Å². The van der Waals surface area contributed by atoms with E-state index in [-0.39, 0.29) is 0 Å². The van der Waals surface area contributed by atoms with Crippen LogP contribution in [0.5, 0.6) is 11.5 Å². The lowest BCUT2D eigenvalue weighted by atomic mass is 10.1. The Bertz CT molecular complexity index is 1090. The van der Waals surface area contributed by atoms with Crippen LogP contribution in [-0.4, -0.2) is 32.0 Å². The number of nitrogens with one attached hydrogen (secondary N) is 1. The molecule has 1 atom stereocenters. The van der Waals surface area contributed by atoms with Crippen LogP contribution < -0.4 is 38.5 Å². The summed E-state index contributed by atoms with van der Waals surface area (Å²) in [7, 11) is -1.75. The zero-order valence-electron chi connectivity index (χ0n) is 16.9. The fourth-order valence-corrected chi connectivity index (χ4v) is 2.87. The quantitative estimate of drug-likeness (QED) is 0.407. The molecule has 0 aliphatic carbocycles. The molecule has 3 rings (SSSR count). The number of hydrogen-bond acceptors (Lipinski definition) is 8. The standard InChI is InChI=1S/C20H20ClNO4.ClHO4/c1-12(23)11-22-16-10-19(26-17-7-5-14(21)9-15(16)17)13-4-6-18(24-2)20(8-13)25-3;2-1(3,4)5/h4-10,12,23H,11H2,1-3H3;(H,2,3,4,5). The summed E-state index contributed by atoms with van der Waals surface area (Å²) < 4.78 is 50.7. The third kappa shape index (κ3) is 7.67. The number of rotatable bonds is 5. The average molecular weight is 474 g/mol. The van der Waals surface area contributed by atoms with E-state index in [0.29, 0.717) is 34.4 Å². The molecular formula is C20H21Cl2NO8. The molecule has 1 heterocycles. The van der Waals surface area contributed by atoms with Gasteiger partial charge in [-0.2, -0.15) is 0 Å². The second-order valence-electron chi connectivity index (χ2n) is 6.34. The van der Waals surface area contributed by atoms with Crippen LogP contribution in [0.1, 0.15) is 6.92 Å². The van der Waals surface area contributed by atoms with E-state index in [1.165, 1.54) is 0 Å². The summed E-state index contributed by atoms with van der Waals surface area (Å²) >= 11 is 6.13. The summed E-state index contributed by atoms with van der Waals surface area (Å²) in [5.74, 6) is 1.93. The van der Waals surface area contributed by atoms with Gasteiger partial charge in [0.15, 0.2) is 18.0 Å². The number of halogens is 2. The van der Waals surface area contributed by atoms with Crippen LogP contribution in [0.15, 0.2) is 46.9 Å². The Morgan fingerprint density at radius 2 is 1.68 bits per heavy atom. The maximum Gasteiger partial charge on any atom is 0.213 e. The van der Waals surface area contributed by atoms with Gasteiger partial charge in [-0.1, -0.05) is 11.6 Å². The largest absolute Gasteiger partial charge is 0.493 e. The van der Waals surface area contributed by atoms with Crippen molar-refractivity contribution in [3.63, 3.8) is 0 Å². The van der Waals surface area contributed by atoms with Crippen LogP contribution in [-0.2, 0) is 0 Å². The van der Waals surface area contributed by atoms with Crippen molar-refractivity contribution in [3.05, 3.63) is 52.8 Å². The molecule has 0 bridgehead atoms. The minimum absolute atomic E-state index is 0.414. The van der Waals surface area contributed by atoms with Crippen molar-refractivity contribution in [3.8, 4) is 22.8 Å². The van der Waals surface area contributed by atoms with Gasteiger partial charge in [0.1, 0.15) is 17.4 Å². The first-order valence-electron chi connectivity index (χ1n) is 8.84. The summed E-state index contributed by atoms with van der Waals surface area (Å²) in [6.45, 7) is 2.14. The van der Waals surface area contributed by atoms with E-state index in [2.05, 4.69) is 4.99 Å². The molecule has 2 aromatic carbocycles. The highest BCUT2D eigenvalue weighted by molar-refractivity contribution is 6.31. The second kappa shape index (κ2) is 10.8. The van der Waals surface area contributed by atoms with Crippen LogP contribution in [0.2, 0.25) is 5.02 Å². The normalized spacial score (nSPS) is 12.9. The summed E-state index contributed by atoms with van der Waals surface area (Å²) in [5.41, 5.74) is 1.54. The molecule has 168 valence electrons. The minimum Gasteiger partial charge on any atom is -0.493 e. The molecule has 3 aromatic rings. The molecule has 1 unspecified atom stereocenters. The lowest BCUT2D eigenvalue weighted by Gasteiger charge is -2.17. The zero-order valence-corrected chi connectivity index (χ0v) is 18.4. The lowest BCUT2D eigenvalue weighted by Crippen LogP contribution is -2.78. The number of benzene rings is 2. The fourth-order valence-electron chi connectivity index (χ4n) is 2.69. The smallest absolute Gasteiger partial charge is 0.213 e. The van der Waals surface area contributed by atoms with Gasteiger partial charge in [-0.15, -0.1) is 10.2 Å². The SMILES string of the molecule is COc1ccc(-c2cc(=[NH+]CC(C)O)c3cc(Cl)ccc3o2)cc1OC.[O-][Cl+3]([O-])([O-])[O-]. The Balaban J connectivity index is 0.000000614. The first-order valence-corrected chi connectivity index (χ1v) is 10.5.